The summed E-state index contributed by atoms with van der Waals surface area (Å²) in [4.78, 5) is 10.1. The van der Waals surface area contributed by atoms with Gasteiger partial charge in [0.15, 0.2) is 5.69 Å². The van der Waals surface area contributed by atoms with Crippen LogP contribution >= 0.6 is 0 Å². The van der Waals surface area contributed by atoms with Gasteiger partial charge in [0.05, 0.1) is 16.3 Å². The number of benzene rings is 2. The molecule has 0 aliphatic carbocycles. The SMILES string of the molecule is O=[N+]([O-])c1ccc(-n2nc(C(F)(F)F)cc2-c2c[c]ccc2)cc1. The summed E-state index contributed by atoms with van der Waals surface area (Å²) in [6, 6.07) is 15.3. The second-order valence-electron chi connectivity index (χ2n) is 4.89. The lowest BCUT2D eigenvalue weighted by Crippen LogP contribution is -2.07. The molecule has 0 saturated carbocycles. The molecule has 0 aliphatic rings. The van der Waals surface area contributed by atoms with Crippen molar-refractivity contribution in [1.82, 2.24) is 9.78 Å². The van der Waals surface area contributed by atoms with Gasteiger partial charge in [0, 0.05) is 17.7 Å². The Bertz CT molecular complexity index is 872. The number of rotatable bonds is 3. The normalized spacial score (nSPS) is 11.5. The van der Waals surface area contributed by atoms with Gasteiger partial charge in [-0.15, -0.1) is 0 Å². The van der Waals surface area contributed by atoms with E-state index in [9.17, 15) is 23.3 Å². The predicted molar refractivity (Wildman–Crippen MR) is 79.5 cm³/mol. The number of nitro groups is 1. The van der Waals surface area contributed by atoms with Crippen LogP contribution in [0, 0.1) is 16.2 Å². The molecule has 1 radical (unpaired) electrons. The van der Waals surface area contributed by atoms with Crippen molar-refractivity contribution in [2.75, 3.05) is 0 Å². The average molecular weight is 332 g/mol. The van der Waals surface area contributed by atoms with E-state index in [2.05, 4.69) is 11.2 Å². The highest BCUT2D eigenvalue weighted by Crippen LogP contribution is 2.33. The zero-order chi connectivity index (χ0) is 17.3. The van der Waals surface area contributed by atoms with Gasteiger partial charge in [0.1, 0.15) is 0 Å². The molecule has 5 nitrogen and oxygen atoms in total. The Morgan fingerprint density at radius 1 is 1.17 bits per heavy atom. The monoisotopic (exact) mass is 332 g/mol. The van der Waals surface area contributed by atoms with E-state index >= 15 is 0 Å². The number of alkyl halides is 3. The van der Waals surface area contributed by atoms with E-state index in [1.165, 1.54) is 24.3 Å². The van der Waals surface area contributed by atoms with Crippen LogP contribution in [0.5, 0.6) is 0 Å². The molecule has 0 aliphatic heterocycles. The van der Waals surface area contributed by atoms with Crippen molar-refractivity contribution in [3.63, 3.8) is 0 Å². The summed E-state index contributed by atoms with van der Waals surface area (Å²) in [6.07, 6.45) is -4.60. The Morgan fingerprint density at radius 3 is 2.42 bits per heavy atom. The Balaban J connectivity index is 2.15. The lowest BCUT2D eigenvalue weighted by molar-refractivity contribution is -0.384. The largest absolute Gasteiger partial charge is 0.435 e. The summed E-state index contributed by atoms with van der Waals surface area (Å²) in [7, 11) is 0. The van der Waals surface area contributed by atoms with Crippen LogP contribution in [0.15, 0.2) is 54.6 Å². The molecule has 0 saturated heterocycles. The summed E-state index contributed by atoms with van der Waals surface area (Å²) in [5.74, 6) is 0. The number of aromatic nitrogens is 2. The standard InChI is InChI=1S/C16H9F3N3O2/c17-16(18,19)15-10-14(11-4-2-1-3-5-11)21(20-15)12-6-8-13(9-7-12)22(23)24/h1-2,4-10H. The summed E-state index contributed by atoms with van der Waals surface area (Å²) in [6.45, 7) is 0. The smallest absolute Gasteiger partial charge is 0.258 e. The maximum absolute atomic E-state index is 13.0. The molecule has 0 spiro atoms. The quantitative estimate of drug-likeness (QED) is 0.532. The number of nitro benzene ring substituents is 1. The molecule has 1 aromatic heterocycles. The molecule has 1 heterocycles. The molecule has 8 heteroatoms. The predicted octanol–water partition coefficient (Wildman–Crippen LogP) is 4.27. The minimum absolute atomic E-state index is 0.156. The van der Waals surface area contributed by atoms with Crippen molar-refractivity contribution in [3.05, 3.63) is 76.5 Å². The number of nitrogens with zero attached hydrogens (tertiary/aromatic N) is 3. The molecule has 0 fully saturated rings. The third-order valence-electron chi connectivity index (χ3n) is 3.31. The van der Waals surface area contributed by atoms with E-state index in [1.54, 1.807) is 24.3 Å². The topological polar surface area (TPSA) is 61.0 Å². The van der Waals surface area contributed by atoms with Crippen LogP contribution in [0.25, 0.3) is 16.9 Å². The molecule has 24 heavy (non-hydrogen) atoms. The molecule has 0 N–H and O–H groups in total. The molecule has 3 aromatic rings. The van der Waals surface area contributed by atoms with Crippen LogP contribution < -0.4 is 0 Å². The Labute approximate surface area is 134 Å². The maximum Gasteiger partial charge on any atom is 0.435 e. The van der Waals surface area contributed by atoms with Crippen LogP contribution in [0.4, 0.5) is 18.9 Å². The molecule has 2 aromatic carbocycles. The van der Waals surface area contributed by atoms with Crippen molar-refractivity contribution in [2.24, 2.45) is 0 Å². The van der Waals surface area contributed by atoms with Gasteiger partial charge >= 0.3 is 6.18 Å². The van der Waals surface area contributed by atoms with Gasteiger partial charge in [-0.05, 0) is 30.3 Å². The van der Waals surface area contributed by atoms with Gasteiger partial charge in [0.25, 0.3) is 5.69 Å². The number of hydrogen-bond acceptors (Lipinski definition) is 3. The molecule has 121 valence electrons. The molecule has 0 atom stereocenters. The third-order valence-corrected chi connectivity index (χ3v) is 3.31. The first kappa shape index (κ1) is 15.7. The zero-order valence-electron chi connectivity index (χ0n) is 12.0. The van der Waals surface area contributed by atoms with E-state index in [4.69, 9.17) is 0 Å². The highest BCUT2D eigenvalue weighted by atomic mass is 19.4. The fourth-order valence-corrected chi connectivity index (χ4v) is 2.19. The van der Waals surface area contributed by atoms with Crippen molar-refractivity contribution in [2.45, 2.75) is 6.18 Å². The highest BCUT2D eigenvalue weighted by molar-refractivity contribution is 5.63. The third kappa shape index (κ3) is 2.98. The van der Waals surface area contributed by atoms with Gasteiger partial charge < -0.3 is 0 Å². The molecular formula is C16H9F3N3O2. The summed E-state index contributed by atoms with van der Waals surface area (Å²) < 4.78 is 40.1. The zero-order valence-corrected chi connectivity index (χ0v) is 12.0. The van der Waals surface area contributed by atoms with Crippen LogP contribution in [0.1, 0.15) is 5.69 Å². The lowest BCUT2D eigenvalue weighted by Gasteiger charge is -2.07. The number of hydrogen-bond donors (Lipinski definition) is 0. The lowest BCUT2D eigenvalue weighted by atomic mass is 10.1. The average Bonchev–Trinajstić information content (AvgIpc) is 3.01. The Hall–Kier alpha value is -3.16. The first-order valence-corrected chi connectivity index (χ1v) is 6.75. The van der Waals surface area contributed by atoms with Gasteiger partial charge in [-0.25, -0.2) is 4.68 Å². The van der Waals surface area contributed by atoms with Gasteiger partial charge in [-0.3, -0.25) is 10.1 Å². The fourth-order valence-electron chi connectivity index (χ4n) is 2.19. The first-order chi connectivity index (χ1) is 11.4. The molecule has 0 amide bonds. The Kier molecular flexibility index (Phi) is 3.80. The number of non-ortho nitro benzene ring substituents is 1. The van der Waals surface area contributed by atoms with E-state index in [1.807, 2.05) is 0 Å². The maximum atomic E-state index is 13.0. The summed E-state index contributed by atoms with van der Waals surface area (Å²) >= 11 is 0. The molecule has 3 rings (SSSR count). The van der Waals surface area contributed by atoms with E-state index < -0.39 is 16.8 Å². The van der Waals surface area contributed by atoms with E-state index in [0.717, 1.165) is 10.7 Å². The highest BCUT2D eigenvalue weighted by Gasteiger charge is 2.35. The summed E-state index contributed by atoms with van der Waals surface area (Å²) in [5, 5.41) is 14.3. The van der Waals surface area contributed by atoms with E-state index in [-0.39, 0.29) is 17.1 Å². The Morgan fingerprint density at radius 2 is 1.88 bits per heavy atom. The van der Waals surface area contributed by atoms with Crippen LogP contribution in [-0.4, -0.2) is 14.7 Å². The molecule has 0 bridgehead atoms. The molecule has 0 unspecified atom stereocenters. The second kappa shape index (κ2) is 5.80. The van der Waals surface area contributed by atoms with Crippen LogP contribution in [0.3, 0.4) is 0 Å². The molecular weight excluding hydrogens is 323 g/mol. The van der Waals surface area contributed by atoms with Gasteiger partial charge in [-0.2, -0.15) is 18.3 Å². The second-order valence-corrected chi connectivity index (χ2v) is 4.89. The van der Waals surface area contributed by atoms with Crippen LogP contribution in [0.2, 0.25) is 0 Å². The summed E-state index contributed by atoms with van der Waals surface area (Å²) in [5.41, 5.74) is -0.196. The minimum atomic E-state index is -4.60. The van der Waals surface area contributed by atoms with Crippen LogP contribution in [-0.2, 0) is 6.18 Å². The van der Waals surface area contributed by atoms with E-state index in [0.29, 0.717) is 5.56 Å². The first-order valence-electron chi connectivity index (χ1n) is 6.75. The van der Waals surface area contributed by atoms with Crippen molar-refractivity contribution < 1.29 is 18.1 Å². The fraction of sp³-hybridized carbons (Fsp3) is 0.0625. The van der Waals surface area contributed by atoms with Crippen molar-refractivity contribution in [3.8, 4) is 16.9 Å². The van der Waals surface area contributed by atoms with Gasteiger partial charge in [-0.1, -0.05) is 18.2 Å². The number of halogens is 3. The minimum Gasteiger partial charge on any atom is -0.258 e. The van der Waals surface area contributed by atoms with Crippen molar-refractivity contribution >= 4 is 5.69 Å². The van der Waals surface area contributed by atoms with Crippen molar-refractivity contribution in [1.29, 1.82) is 0 Å². The van der Waals surface area contributed by atoms with Gasteiger partial charge in [0.2, 0.25) is 0 Å².